The molecule has 0 aliphatic carbocycles. The molecule has 3 aromatic carbocycles. The number of anilines is 1. The average molecular weight is 441 g/mol. The second-order valence-corrected chi connectivity index (χ2v) is 9.00. The van der Waals surface area contributed by atoms with E-state index >= 15 is 0 Å². The Bertz CT molecular complexity index is 1180. The molecule has 0 atom stereocenters. The van der Waals surface area contributed by atoms with Crippen LogP contribution in [0.3, 0.4) is 0 Å². The third kappa shape index (κ3) is 5.37. The first-order valence-corrected chi connectivity index (χ1v) is 11.9. The number of fused-ring (bicyclic) bond motifs is 1. The molecule has 1 aliphatic heterocycles. The second-order valence-electron chi connectivity index (χ2n) is 9.00. The number of nitrogens with zero attached hydrogens (tertiary/aromatic N) is 3. The number of likely N-dealkylation sites (tertiary alicyclic amines) is 1. The number of ether oxygens (including phenoxy) is 1. The molecule has 0 amide bonds. The van der Waals surface area contributed by atoms with Crippen molar-refractivity contribution in [2.45, 2.75) is 38.9 Å². The van der Waals surface area contributed by atoms with E-state index in [2.05, 4.69) is 80.7 Å². The van der Waals surface area contributed by atoms with E-state index in [-0.39, 0.29) is 0 Å². The van der Waals surface area contributed by atoms with Crippen molar-refractivity contribution in [1.29, 1.82) is 0 Å². The molecule has 1 fully saturated rings. The van der Waals surface area contributed by atoms with Gasteiger partial charge >= 0.3 is 0 Å². The van der Waals surface area contributed by atoms with E-state index in [1.807, 2.05) is 12.3 Å². The van der Waals surface area contributed by atoms with Crippen molar-refractivity contribution in [3.05, 3.63) is 89.6 Å². The fourth-order valence-electron chi connectivity index (χ4n) is 4.72. The Balaban J connectivity index is 1.38. The Morgan fingerprint density at radius 2 is 1.64 bits per heavy atom. The smallest absolute Gasteiger partial charge is 0.119 e. The molecule has 1 aliphatic rings. The molecule has 0 bridgehead atoms. The van der Waals surface area contributed by atoms with Gasteiger partial charge in [-0.05, 0) is 73.0 Å². The van der Waals surface area contributed by atoms with Crippen LogP contribution in [-0.4, -0.2) is 35.3 Å². The quantitative estimate of drug-likeness (QED) is 0.378. The van der Waals surface area contributed by atoms with Crippen molar-refractivity contribution in [2.24, 2.45) is 0 Å². The van der Waals surface area contributed by atoms with Crippen LogP contribution in [0.1, 0.15) is 36.0 Å². The van der Waals surface area contributed by atoms with Crippen LogP contribution >= 0.6 is 0 Å². The normalized spacial score (nSPS) is 14.5. The van der Waals surface area contributed by atoms with Gasteiger partial charge in [-0.25, -0.2) is 0 Å². The summed E-state index contributed by atoms with van der Waals surface area (Å²) in [6, 6.07) is 24.0. The molecule has 4 aromatic rings. The molecular weight excluding hydrogens is 408 g/mol. The number of aromatic nitrogens is 2. The van der Waals surface area contributed by atoms with Crippen molar-refractivity contribution in [3.8, 4) is 5.75 Å². The Labute approximate surface area is 196 Å². The van der Waals surface area contributed by atoms with Gasteiger partial charge in [0.2, 0.25) is 0 Å². The van der Waals surface area contributed by atoms with Gasteiger partial charge in [-0.3, -0.25) is 10.00 Å². The third-order valence-corrected chi connectivity index (χ3v) is 6.54. The third-order valence-electron chi connectivity index (χ3n) is 6.54. The number of hydrogen-bond donors (Lipinski definition) is 1. The van der Waals surface area contributed by atoms with Gasteiger partial charge in [0, 0.05) is 30.7 Å². The summed E-state index contributed by atoms with van der Waals surface area (Å²) in [4.78, 5) is 5.00. The van der Waals surface area contributed by atoms with Crippen molar-refractivity contribution in [3.63, 3.8) is 0 Å². The minimum atomic E-state index is 0.809. The Morgan fingerprint density at radius 1 is 0.879 bits per heavy atom. The number of H-pyrrole nitrogens is 1. The van der Waals surface area contributed by atoms with E-state index in [4.69, 9.17) is 4.74 Å². The SMILES string of the molecule is COc1cccc(CN(Cc2ccc3cn[nH]c3c2)c2ccc(CN3CCCCC3)cc2)c1. The lowest BCUT2D eigenvalue weighted by Gasteiger charge is -2.28. The van der Waals surface area contributed by atoms with Crippen LogP contribution in [0, 0.1) is 0 Å². The van der Waals surface area contributed by atoms with Crippen LogP contribution in [0.15, 0.2) is 72.9 Å². The molecule has 1 saturated heterocycles. The highest BCUT2D eigenvalue weighted by Gasteiger charge is 2.13. The number of aromatic amines is 1. The lowest BCUT2D eigenvalue weighted by atomic mass is 10.1. The molecular formula is C28H32N4O. The van der Waals surface area contributed by atoms with Crippen LogP contribution in [0.5, 0.6) is 5.75 Å². The maximum absolute atomic E-state index is 5.45. The molecule has 5 rings (SSSR count). The molecule has 1 aromatic heterocycles. The Hall–Kier alpha value is -3.31. The van der Waals surface area contributed by atoms with E-state index in [0.29, 0.717) is 0 Å². The number of piperidine rings is 1. The van der Waals surface area contributed by atoms with E-state index in [9.17, 15) is 0 Å². The van der Waals surface area contributed by atoms with Gasteiger partial charge in [-0.2, -0.15) is 5.10 Å². The number of benzene rings is 3. The highest BCUT2D eigenvalue weighted by molar-refractivity contribution is 5.78. The molecule has 0 saturated carbocycles. The summed E-state index contributed by atoms with van der Waals surface area (Å²) < 4.78 is 5.45. The van der Waals surface area contributed by atoms with Gasteiger partial charge in [0.05, 0.1) is 18.8 Å². The first-order chi connectivity index (χ1) is 16.3. The van der Waals surface area contributed by atoms with Crippen molar-refractivity contribution in [2.75, 3.05) is 25.1 Å². The largest absolute Gasteiger partial charge is 0.497 e. The zero-order valence-corrected chi connectivity index (χ0v) is 19.3. The zero-order valence-electron chi connectivity index (χ0n) is 19.3. The minimum Gasteiger partial charge on any atom is -0.497 e. The van der Waals surface area contributed by atoms with Gasteiger partial charge in [-0.1, -0.05) is 42.8 Å². The molecule has 0 unspecified atom stereocenters. The van der Waals surface area contributed by atoms with Crippen molar-refractivity contribution < 1.29 is 4.74 Å². The van der Waals surface area contributed by atoms with Crippen LogP contribution < -0.4 is 9.64 Å². The number of rotatable bonds is 8. The molecule has 5 heteroatoms. The van der Waals surface area contributed by atoms with Gasteiger partial charge in [0.1, 0.15) is 5.75 Å². The number of methoxy groups -OCH3 is 1. The van der Waals surface area contributed by atoms with Gasteiger partial charge in [0.25, 0.3) is 0 Å². The predicted octanol–water partition coefficient (Wildman–Crippen LogP) is 5.76. The molecule has 0 spiro atoms. The van der Waals surface area contributed by atoms with E-state index in [1.165, 1.54) is 54.7 Å². The molecule has 33 heavy (non-hydrogen) atoms. The first-order valence-electron chi connectivity index (χ1n) is 11.9. The monoisotopic (exact) mass is 440 g/mol. The van der Waals surface area contributed by atoms with Crippen LogP contribution in [0.2, 0.25) is 0 Å². The fourth-order valence-corrected chi connectivity index (χ4v) is 4.72. The number of hydrogen-bond acceptors (Lipinski definition) is 4. The maximum atomic E-state index is 5.45. The predicted molar refractivity (Wildman–Crippen MR) is 135 cm³/mol. The maximum Gasteiger partial charge on any atom is 0.119 e. The number of nitrogens with one attached hydrogen (secondary N) is 1. The van der Waals surface area contributed by atoms with E-state index in [1.54, 1.807) is 7.11 Å². The highest BCUT2D eigenvalue weighted by atomic mass is 16.5. The standard InChI is InChI=1S/C28H32N4O/c1-33-27-7-5-6-23(16-27)20-32(21-24-8-11-25-18-29-30-28(25)17-24)26-12-9-22(10-13-26)19-31-14-3-2-4-15-31/h5-13,16-18H,2-4,14-15,19-21H2,1H3,(H,29,30). The summed E-state index contributed by atoms with van der Waals surface area (Å²) >= 11 is 0. The Morgan fingerprint density at radius 3 is 2.42 bits per heavy atom. The molecule has 170 valence electrons. The molecule has 1 N–H and O–H groups in total. The van der Waals surface area contributed by atoms with Gasteiger partial charge in [-0.15, -0.1) is 0 Å². The van der Waals surface area contributed by atoms with Crippen molar-refractivity contribution >= 4 is 16.6 Å². The molecule has 2 heterocycles. The summed E-state index contributed by atoms with van der Waals surface area (Å²) in [5.41, 5.74) is 6.18. The summed E-state index contributed by atoms with van der Waals surface area (Å²) in [5.74, 6) is 0.892. The fraction of sp³-hybridized carbons (Fsp3) is 0.321. The minimum absolute atomic E-state index is 0.809. The van der Waals surface area contributed by atoms with Crippen LogP contribution in [0.4, 0.5) is 5.69 Å². The zero-order chi connectivity index (χ0) is 22.5. The van der Waals surface area contributed by atoms with Crippen molar-refractivity contribution in [1.82, 2.24) is 15.1 Å². The first kappa shape index (κ1) is 21.5. The van der Waals surface area contributed by atoms with Crippen LogP contribution in [-0.2, 0) is 19.6 Å². The Kier molecular flexibility index (Phi) is 6.58. The van der Waals surface area contributed by atoms with Crippen LogP contribution in [0.25, 0.3) is 10.9 Å². The van der Waals surface area contributed by atoms with E-state index < -0.39 is 0 Å². The topological polar surface area (TPSA) is 44.4 Å². The molecule has 0 radical (unpaired) electrons. The summed E-state index contributed by atoms with van der Waals surface area (Å²) in [6.45, 7) is 5.12. The lowest BCUT2D eigenvalue weighted by molar-refractivity contribution is 0.221. The summed E-state index contributed by atoms with van der Waals surface area (Å²) in [6.07, 6.45) is 5.90. The average Bonchev–Trinajstić information content (AvgIpc) is 3.33. The highest BCUT2D eigenvalue weighted by Crippen LogP contribution is 2.24. The molecule has 5 nitrogen and oxygen atoms in total. The van der Waals surface area contributed by atoms with E-state index in [0.717, 1.165) is 36.3 Å². The summed E-state index contributed by atoms with van der Waals surface area (Å²) in [7, 11) is 1.72. The second kappa shape index (κ2) is 10.1. The summed E-state index contributed by atoms with van der Waals surface area (Å²) in [5, 5.41) is 8.40. The van der Waals surface area contributed by atoms with Gasteiger partial charge < -0.3 is 9.64 Å². The lowest BCUT2D eigenvalue weighted by Crippen LogP contribution is -2.29. The van der Waals surface area contributed by atoms with Gasteiger partial charge in [0.15, 0.2) is 0 Å².